The largest absolute Gasteiger partial charge is 0.507 e. The van der Waals surface area contributed by atoms with Crippen LogP contribution in [0.2, 0.25) is 0 Å². The molecule has 0 aromatic heterocycles. The van der Waals surface area contributed by atoms with Gasteiger partial charge in [-0.1, -0.05) is 0 Å². The smallest absolute Gasteiger partial charge is 0.325 e. The third kappa shape index (κ3) is 4.75. The first kappa shape index (κ1) is 17.0. The first-order chi connectivity index (χ1) is 9.88. The lowest BCUT2D eigenvalue weighted by molar-refractivity contribution is -0.144. The summed E-state index contributed by atoms with van der Waals surface area (Å²) in [5.74, 6) is -2.08. The highest BCUT2D eigenvalue weighted by Crippen LogP contribution is 2.24. The summed E-state index contributed by atoms with van der Waals surface area (Å²) < 4.78 is 9.39. The molecular formula is C13H14BrNO6. The molecule has 0 spiro atoms. The van der Waals surface area contributed by atoms with Gasteiger partial charge in [-0.2, -0.15) is 0 Å². The Morgan fingerprint density at radius 2 is 1.67 bits per heavy atom. The summed E-state index contributed by atoms with van der Waals surface area (Å²) in [7, 11) is 2.35. The zero-order valence-electron chi connectivity index (χ0n) is 11.5. The molecule has 114 valence electrons. The van der Waals surface area contributed by atoms with Gasteiger partial charge in [0.1, 0.15) is 18.8 Å². The van der Waals surface area contributed by atoms with E-state index in [4.69, 9.17) is 0 Å². The van der Waals surface area contributed by atoms with E-state index < -0.39 is 30.9 Å². The average Bonchev–Trinajstić information content (AvgIpc) is 2.48. The highest BCUT2D eigenvalue weighted by Gasteiger charge is 2.22. The number of hydrogen-bond donors (Lipinski definition) is 1. The predicted molar refractivity (Wildman–Crippen MR) is 75.7 cm³/mol. The second-order valence-electron chi connectivity index (χ2n) is 3.98. The van der Waals surface area contributed by atoms with Crippen molar-refractivity contribution >= 4 is 33.8 Å². The monoisotopic (exact) mass is 359 g/mol. The Labute approximate surface area is 129 Å². The van der Waals surface area contributed by atoms with Gasteiger partial charge in [0.15, 0.2) is 0 Å². The minimum Gasteiger partial charge on any atom is -0.507 e. The van der Waals surface area contributed by atoms with Gasteiger partial charge in [-0.15, -0.1) is 0 Å². The van der Waals surface area contributed by atoms with E-state index in [1.54, 1.807) is 0 Å². The van der Waals surface area contributed by atoms with Crippen molar-refractivity contribution in [2.45, 2.75) is 0 Å². The Balaban J connectivity index is 2.99. The van der Waals surface area contributed by atoms with E-state index in [1.165, 1.54) is 32.4 Å². The molecule has 1 aromatic carbocycles. The molecule has 0 atom stereocenters. The lowest BCUT2D eigenvalue weighted by Gasteiger charge is -2.20. The van der Waals surface area contributed by atoms with Gasteiger partial charge < -0.3 is 19.5 Å². The van der Waals surface area contributed by atoms with Gasteiger partial charge in [-0.3, -0.25) is 14.4 Å². The van der Waals surface area contributed by atoms with Crippen LogP contribution in [-0.4, -0.2) is 55.2 Å². The molecule has 21 heavy (non-hydrogen) atoms. The zero-order chi connectivity index (χ0) is 16.0. The Hall–Kier alpha value is -2.09. The number of nitrogens with zero attached hydrogens (tertiary/aromatic N) is 1. The molecule has 1 N–H and O–H groups in total. The normalized spacial score (nSPS) is 9.86. The van der Waals surface area contributed by atoms with Gasteiger partial charge in [-0.05, 0) is 34.1 Å². The highest BCUT2D eigenvalue weighted by molar-refractivity contribution is 9.10. The Morgan fingerprint density at radius 1 is 1.14 bits per heavy atom. The summed E-state index contributed by atoms with van der Waals surface area (Å²) in [6.45, 7) is -0.803. The molecule has 8 heteroatoms. The number of benzene rings is 1. The molecule has 0 bridgehead atoms. The molecule has 0 radical (unpaired) electrons. The van der Waals surface area contributed by atoms with Crippen LogP contribution in [0.3, 0.4) is 0 Å². The predicted octanol–water partition coefficient (Wildman–Crippen LogP) is 0.943. The van der Waals surface area contributed by atoms with Crippen LogP contribution in [0.1, 0.15) is 10.4 Å². The maximum absolute atomic E-state index is 12.3. The zero-order valence-corrected chi connectivity index (χ0v) is 13.0. The van der Waals surface area contributed by atoms with Gasteiger partial charge >= 0.3 is 11.9 Å². The molecule has 0 heterocycles. The number of rotatable bonds is 5. The summed E-state index contributed by atoms with van der Waals surface area (Å²) in [6, 6.07) is 4.17. The minimum atomic E-state index is -0.673. The number of carbonyl (C=O) groups is 3. The fourth-order valence-electron chi connectivity index (χ4n) is 1.47. The van der Waals surface area contributed by atoms with Crippen LogP contribution in [0.15, 0.2) is 22.7 Å². The number of aromatic hydroxyl groups is 1. The third-order valence-electron chi connectivity index (χ3n) is 2.58. The van der Waals surface area contributed by atoms with E-state index in [-0.39, 0.29) is 11.3 Å². The van der Waals surface area contributed by atoms with Gasteiger partial charge in [0.25, 0.3) is 5.91 Å². The lowest BCUT2D eigenvalue weighted by atomic mass is 10.2. The molecular weight excluding hydrogens is 346 g/mol. The fourth-order valence-corrected chi connectivity index (χ4v) is 1.72. The van der Waals surface area contributed by atoms with Crippen LogP contribution < -0.4 is 0 Å². The van der Waals surface area contributed by atoms with E-state index in [9.17, 15) is 19.5 Å². The molecule has 0 fully saturated rings. The molecule has 0 unspecified atom stereocenters. The summed E-state index contributed by atoms with van der Waals surface area (Å²) in [5, 5.41) is 9.59. The average molecular weight is 360 g/mol. The van der Waals surface area contributed by atoms with E-state index >= 15 is 0 Å². The van der Waals surface area contributed by atoms with Crippen LogP contribution in [-0.2, 0) is 19.1 Å². The second kappa shape index (κ2) is 7.63. The number of amides is 1. The fraction of sp³-hybridized carbons (Fsp3) is 0.308. The highest BCUT2D eigenvalue weighted by atomic mass is 79.9. The molecule has 0 aliphatic heterocycles. The molecule has 0 aliphatic rings. The number of phenols is 1. The van der Waals surface area contributed by atoms with Crippen LogP contribution in [0, 0.1) is 0 Å². The maximum Gasteiger partial charge on any atom is 0.325 e. The van der Waals surface area contributed by atoms with Crippen molar-refractivity contribution in [1.82, 2.24) is 4.90 Å². The summed E-state index contributed by atoms with van der Waals surface area (Å²) in [6.07, 6.45) is 0. The topological polar surface area (TPSA) is 93.1 Å². The summed E-state index contributed by atoms with van der Waals surface area (Å²) in [4.78, 5) is 35.9. The van der Waals surface area contributed by atoms with Crippen LogP contribution in [0.25, 0.3) is 0 Å². The van der Waals surface area contributed by atoms with E-state index in [0.717, 1.165) is 4.90 Å². The molecule has 1 aromatic rings. The molecule has 0 aliphatic carbocycles. The molecule has 0 saturated carbocycles. The van der Waals surface area contributed by atoms with E-state index in [0.29, 0.717) is 4.47 Å². The first-order valence-corrected chi connectivity index (χ1v) is 6.59. The minimum absolute atomic E-state index is 0.128. The number of halogens is 1. The van der Waals surface area contributed by atoms with Crippen molar-refractivity contribution in [3.63, 3.8) is 0 Å². The Bertz CT molecular complexity index is 542. The summed E-state index contributed by atoms with van der Waals surface area (Å²) in [5.41, 5.74) is 0.128. The van der Waals surface area contributed by atoms with Gasteiger partial charge in [0.05, 0.1) is 18.7 Å². The quantitative estimate of drug-likeness (QED) is 0.786. The Kier molecular flexibility index (Phi) is 6.16. The van der Waals surface area contributed by atoms with E-state index in [2.05, 4.69) is 25.4 Å². The van der Waals surface area contributed by atoms with Gasteiger partial charge in [-0.25, -0.2) is 0 Å². The third-order valence-corrected chi connectivity index (χ3v) is 3.25. The molecule has 0 saturated heterocycles. The van der Waals surface area contributed by atoms with Crippen molar-refractivity contribution in [1.29, 1.82) is 0 Å². The number of carbonyl (C=O) groups excluding carboxylic acids is 3. The Morgan fingerprint density at radius 3 is 2.10 bits per heavy atom. The van der Waals surface area contributed by atoms with Crippen molar-refractivity contribution in [2.24, 2.45) is 0 Å². The number of methoxy groups -OCH3 is 2. The van der Waals surface area contributed by atoms with Crippen LogP contribution in [0.4, 0.5) is 0 Å². The lowest BCUT2D eigenvalue weighted by Crippen LogP contribution is -2.40. The molecule has 7 nitrogen and oxygen atoms in total. The standard InChI is InChI=1S/C13H14BrNO6/c1-20-11(17)6-15(7-12(18)21-2)13(19)8-3-4-9(14)10(16)5-8/h3-5,16H,6-7H2,1-2H3. The molecule has 1 rings (SSSR count). The SMILES string of the molecule is COC(=O)CN(CC(=O)OC)C(=O)c1ccc(Br)c(O)c1. The van der Waals surface area contributed by atoms with Crippen molar-refractivity contribution < 1.29 is 29.0 Å². The van der Waals surface area contributed by atoms with E-state index in [1.807, 2.05) is 0 Å². The van der Waals surface area contributed by atoms with Crippen LogP contribution >= 0.6 is 15.9 Å². The number of ether oxygens (including phenoxy) is 2. The summed E-state index contributed by atoms with van der Waals surface area (Å²) >= 11 is 3.10. The van der Waals surface area contributed by atoms with Crippen LogP contribution in [0.5, 0.6) is 5.75 Å². The van der Waals surface area contributed by atoms with Gasteiger partial charge in [0.2, 0.25) is 0 Å². The second-order valence-corrected chi connectivity index (χ2v) is 4.83. The maximum atomic E-state index is 12.3. The number of hydrogen-bond acceptors (Lipinski definition) is 6. The number of esters is 2. The van der Waals surface area contributed by atoms with Crippen molar-refractivity contribution in [2.75, 3.05) is 27.3 Å². The van der Waals surface area contributed by atoms with Gasteiger partial charge in [0, 0.05) is 5.56 Å². The first-order valence-electron chi connectivity index (χ1n) is 5.80. The number of phenolic OH excluding ortho intramolecular Hbond substituents is 1. The molecule has 1 amide bonds. The van der Waals surface area contributed by atoms with Crippen molar-refractivity contribution in [3.8, 4) is 5.75 Å². The van der Waals surface area contributed by atoms with Crippen molar-refractivity contribution in [3.05, 3.63) is 28.2 Å².